The number of nitrogens with zero attached hydrogens (tertiary/aromatic N) is 2. The first-order valence-corrected chi connectivity index (χ1v) is 9.76. The third-order valence-corrected chi connectivity index (χ3v) is 4.83. The Morgan fingerprint density at radius 3 is 2.61 bits per heavy atom. The Labute approximate surface area is 180 Å². The van der Waals surface area contributed by atoms with E-state index < -0.39 is 0 Å². The molecule has 3 rings (SSSR count). The maximum atomic E-state index is 12.7. The molecule has 3 aromatic rings. The van der Waals surface area contributed by atoms with Crippen LogP contribution >= 0.6 is 0 Å². The fourth-order valence-corrected chi connectivity index (χ4v) is 3.30. The fraction of sp³-hybridized carbons (Fsp3) is 0.318. The molecule has 0 radical (unpaired) electrons. The van der Waals surface area contributed by atoms with Crippen LogP contribution in [0.25, 0.3) is 10.9 Å². The summed E-state index contributed by atoms with van der Waals surface area (Å²) in [5, 5.41) is 6.56. The van der Waals surface area contributed by atoms with E-state index in [4.69, 9.17) is 9.47 Å². The van der Waals surface area contributed by atoms with Gasteiger partial charge in [-0.15, -0.1) is 0 Å². The Bertz CT molecular complexity index is 1160. The van der Waals surface area contributed by atoms with Crippen LogP contribution in [0.4, 0.5) is 10.5 Å². The van der Waals surface area contributed by atoms with E-state index >= 15 is 0 Å². The van der Waals surface area contributed by atoms with Crippen molar-refractivity contribution in [2.75, 3.05) is 33.6 Å². The highest BCUT2D eigenvalue weighted by atomic mass is 16.5. The first-order valence-electron chi connectivity index (χ1n) is 9.76. The molecule has 0 aliphatic heterocycles. The topological polar surface area (TPSA) is 109 Å². The molecule has 3 N–H and O–H groups in total. The van der Waals surface area contributed by atoms with Gasteiger partial charge in [-0.1, -0.05) is 12.1 Å². The quantitative estimate of drug-likeness (QED) is 0.537. The number of fused-ring (bicyclic) bond motifs is 1. The molecule has 0 bridgehead atoms. The van der Waals surface area contributed by atoms with E-state index in [1.165, 1.54) is 12.0 Å². The highest BCUT2D eigenvalue weighted by Crippen LogP contribution is 2.34. The molecule has 1 heterocycles. The summed E-state index contributed by atoms with van der Waals surface area (Å²) in [4.78, 5) is 33.3. The molecule has 0 fully saturated rings. The predicted molar refractivity (Wildman–Crippen MR) is 120 cm³/mol. The molecule has 2 amide bonds. The van der Waals surface area contributed by atoms with Crippen molar-refractivity contribution in [1.29, 1.82) is 0 Å². The average molecular weight is 425 g/mol. The Hall–Kier alpha value is -3.59. The summed E-state index contributed by atoms with van der Waals surface area (Å²) in [6.07, 6.45) is 0. The van der Waals surface area contributed by atoms with Gasteiger partial charge in [-0.05, 0) is 24.6 Å². The van der Waals surface area contributed by atoms with E-state index in [1.807, 2.05) is 24.3 Å². The third-order valence-electron chi connectivity index (χ3n) is 4.83. The number of hydrogen-bond donors (Lipinski definition) is 3. The number of aryl methyl sites for hydroxylation is 1. The van der Waals surface area contributed by atoms with Gasteiger partial charge in [0.05, 0.1) is 31.7 Å². The molecule has 1 aromatic heterocycles. The number of H-pyrrole nitrogens is 1. The molecule has 0 spiro atoms. The van der Waals surface area contributed by atoms with Gasteiger partial charge in [-0.25, -0.2) is 9.78 Å². The Morgan fingerprint density at radius 2 is 1.94 bits per heavy atom. The molecule has 9 nitrogen and oxygen atoms in total. The maximum Gasteiger partial charge on any atom is 0.321 e. The Kier molecular flexibility index (Phi) is 6.76. The van der Waals surface area contributed by atoms with Gasteiger partial charge < -0.3 is 30.0 Å². The second kappa shape index (κ2) is 9.48. The molecule has 0 unspecified atom stereocenters. The number of hydrogen-bond acceptors (Lipinski definition) is 6. The molecule has 0 aliphatic rings. The lowest BCUT2D eigenvalue weighted by Crippen LogP contribution is -2.27. The molecule has 0 atom stereocenters. The van der Waals surface area contributed by atoms with Gasteiger partial charge in [0.25, 0.3) is 5.56 Å². The van der Waals surface area contributed by atoms with Crippen LogP contribution in [-0.2, 0) is 13.1 Å². The monoisotopic (exact) mass is 425 g/mol. The average Bonchev–Trinajstić information content (AvgIpc) is 2.73. The molecular weight excluding hydrogens is 398 g/mol. The number of anilines is 1. The van der Waals surface area contributed by atoms with Crippen molar-refractivity contribution in [3.05, 3.63) is 57.6 Å². The normalized spacial score (nSPS) is 10.7. The van der Waals surface area contributed by atoms with Crippen LogP contribution in [0.2, 0.25) is 0 Å². The standard InChI is InChI=1S/C22H27N5O4/c1-13-19-16(10-17(30-4)20(13)31-5)25-18(26-21(19)28)12-23-11-14-7-6-8-15(9-14)24-22(29)27(2)3/h6-10,23H,11-12H2,1-5H3,(H,24,29)(H,25,26,28). The predicted octanol–water partition coefficient (Wildman–Crippen LogP) is 2.63. The molecule has 2 aromatic carbocycles. The zero-order valence-corrected chi connectivity index (χ0v) is 18.3. The molecule has 0 aliphatic carbocycles. The van der Waals surface area contributed by atoms with E-state index in [2.05, 4.69) is 20.6 Å². The van der Waals surface area contributed by atoms with Gasteiger partial charge in [0.2, 0.25) is 0 Å². The summed E-state index contributed by atoms with van der Waals surface area (Å²) in [6.45, 7) is 2.71. The minimum atomic E-state index is -0.228. The SMILES string of the molecule is COc1cc2nc(CNCc3cccc(NC(=O)N(C)C)c3)[nH]c(=O)c2c(C)c1OC. The van der Waals surface area contributed by atoms with E-state index in [0.29, 0.717) is 52.6 Å². The first-order chi connectivity index (χ1) is 14.8. The number of carbonyl (C=O) groups excluding carboxylic acids is 1. The number of rotatable bonds is 7. The number of nitrogens with one attached hydrogen (secondary N) is 3. The van der Waals surface area contributed by atoms with Gasteiger partial charge in [-0.2, -0.15) is 0 Å². The van der Waals surface area contributed by atoms with Crippen molar-refractivity contribution in [2.45, 2.75) is 20.0 Å². The Morgan fingerprint density at radius 1 is 1.16 bits per heavy atom. The van der Waals surface area contributed by atoms with E-state index in [0.717, 1.165) is 5.56 Å². The lowest BCUT2D eigenvalue weighted by atomic mass is 10.1. The van der Waals surface area contributed by atoms with Crippen LogP contribution in [0.5, 0.6) is 11.5 Å². The van der Waals surface area contributed by atoms with Gasteiger partial charge in [0, 0.05) is 38.0 Å². The summed E-state index contributed by atoms with van der Waals surface area (Å²) in [7, 11) is 6.46. The lowest BCUT2D eigenvalue weighted by molar-refractivity contribution is 0.230. The zero-order valence-electron chi connectivity index (χ0n) is 18.3. The van der Waals surface area contributed by atoms with Crippen LogP contribution < -0.4 is 25.7 Å². The fourth-order valence-electron chi connectivity index (χ4n) is 3.30. The summed E-state index contributed by atoms with van der Waals surface area (Å²) >= 11 is 0. The maximum absolute atomic E-state index is 12.7. The number of benzene rings is 2. The number of aromatic amines is 1. The van der Waals surface area contributed by atoms with Crippen LogP contribution in [0, 0.1) is 6.92 Å². The largest absolute Gasteiger partial charge is 0.493 e. The highest BCUT2D eigenvalue weighted by Gasteiger charge is 2.16. The van der Waals surface area contributed by atoms with Crippen molar-refractivity contribution in [3.63, 3.8) is 0 Å². The van der Waals surface area contributed by atoms with Crippen LogP contribution in [-0.4, -0.2) is 49.2 Å². The summed E-state index contributed by atoms with van der Waals surface area (Å²) in [6, 6.07) is 9.07. The van der Waals surface area contributed by atoms with Crippen molar-refractivity contribution >= 4 is 22.6 Å². The second-order valence-corrected chi connectivity index (χ2v) is 7.27. The Balaban J connectivity index is 1.75. The smallest absolute Gasteiger partial charge is 0.321 e. The molecule has 31 heavy (non-hydrogen) atoms. The number of methoxy groups -OCH3 is 2. The first kappa shape index (κ1) is 22.1. The van der Waals surface area contributed by atoms with Gasteiger partial charge in [-0.3, -0.25) is 4.79 Å². The minimum absolute atomic E-state index is 0.189. The summed E-state index contributed by atoms with van der Waals surface area (Å²) < 4.78 is 10.7. The number of ether oxygens (including phenoxy) is 2. The van der Waals surface area contributed by atoms with E-state index in [9.17, 15) is 9.59 Å². The highest BCUT2D eigenvalue weighted by molar-refractivity contribution is 5.89. The number of carbonyl (C=O) groups is 1. The van der Waals surface area contributed by atoms with Crippen LogP contribution in [0.3, 0.4) is 0 Å². The molecule has 9 heteroatoms. The summed E-state index contributed by atoms with van der Waals surface area (Å²) in [5.41, 5.74) is 2.70. The second-order valence-electron chi connectivity index (χ2n) is 7.27. The number of urea groups is 1. The third kappa shape index (κ3) is 4.95. The van der Waals surface area contributed by atoms with Gasteiger partial charge in [0.15, 0.2) is 11.5 Å². The van der Waals surface area contributed by atoms with Crippen LogP contribution in [0.15, 0.2) is 35.1 Å². The molecule has 164 valence electrons. The van der Waals surface area contributed by atoms with Crippen molar-refractivity contribution in [1.82, 2.24) is 20.2 Å². The zero-order chi connectivity index (χ0) is 22.5. The molecular formula is C22H27N5O4. The van der Waals surface area contributed by atoms with Crippen molar-refractivity contribution in [2.24, 2.45) is 0 Å². The molecule has 0 saturated carbocycles. The lowest BCUT2D eigenvalue weighted by Gasteiger charge is -2.14. The van der Waals surface area contributed by atoms with Crippen molar-refractivity contribution in [3.8, 4) is 11.5 Å². The van der Waals surface area contributed by atoms with Crippen LogP contribution in [0.1, 0.15) is 17.0 Å². The van der Waals surface area contributed by atoms with Gasteiger partial charge in [0.1, 0.15) is 5.82 Å². The summed E-state index contributed by atoms with van der Waals surface area (Å²) in [5.74, 6) is 1.57. The van der Waals surface area contributed by atoms with E-state index in [-0.39, 0.29) is 11.6 Å². The van der Waals surface area contributed by atoms with E-state index in [1.54, 1.807) is 34.2 Å². The number of amides is 2. The molecule has 0 saturated heterocycles. The number of aromatic nitrogens is 2. The van der Waals surface area contributed by atoms with Gasteiger partial charge >= 0.3 is 6.03 Å². The minimum Gasteiger partial charge on any atom is -0.493 e. The van der Waals surface area contributed by atoms with Crippen molar-refractivity contribution < 1.29 is 14.3 Å².